The minimum atomic E-state index is -1.09. The number of carboxylic acid groups (broad SMARTS) is 1. The van der Waals surface area contributed by atoms with Crippen LogP contribution >= 0.6 is 0 Å². The normalized spacial score (nSPS) is 16.6. The molecule has 0 unspecified atom stereocenters. The molecule has 1 N–H and O–H groups in total. The predicted molar refractivity (Wildman–Crippen MR) is 83.0 cm³/mol. The summed E-state index contributed by atoms with van der Waals surface area (Å²) < 4.78 is 6.47. The Labute approximate surface area is 133 Å². The van der Waals surface area contributed by atoms with Gasteiger partial charge in [-0.3, -0.25) is 4.40 Å². The summed E-state index contributed by atoms with van der Waals surface area (Å²) in [6.45, 7) is 1.84. The Bertz CT molecular complexity index is 760. The van der Waals surface area contributed by atoms with E-state index in [4.69, 9.17) is 4.74 Å². The first kappa shape index (κ1) is 15.5. The molecule has 0 aromatic carbocycles. The lowest BCUT2D eigenvalue weighted by Crippen LogP contribution is -2.30. The Kier molecular flexibility index (Phi) is 4.04. The Balaban J connectivity index is 2.19. The number of rotatable bonds is 3. The Morgan fingerprint density at radius 1 is 1.30 bits per heavy atom. The van der Waals surface area contributed by atoms with E-state index in [0.717, 1.165) is 25.9 Å². The quantitative estimate of drug-likeness (QED) is 0.866. The maximum Gasteiger partial charge on any atom is 0.356 e. The Morgan fingerprint density at radius 2 is 2.00 bits per heavy atom. The number of hydrogen-bond donors (Lipinski definition) is 1. The molecule has 0 radical (unpaired) electrons. The van der Waals surface area contributed by atoms with Gasteiger partial charge in [-0.2, -0.15) is 0 Å². The summed E-state index contributed by atoms with van der Waals surface area (Å²) >= 11 is 0. The van der Waals surface area contributed by atoms with E-state index in [0.29, 0.717) is 17.0 Å². The SMILES string of the molecule is COC(=O)c1cccc2c(C(=O)O)nc(C3CCN(C)CC3)n12. The van der Waals surface area contributed by atoms with Crippen LogP contribution in [0.1, 0.15) is 45.6 Å². The van der Waals surface area contributed by atoms with Gasteiger partial charge in [0.05, 0.1) is 12.6 Å². The minimum absolute atomic E-state index is 0.0234. The number of methoxy groups -OCH3 is 1. The number of piperidine rings is 1. The van der Waals surface area contributed by atoms with Gasteiger partial charge in [-0.05, 0) is 45.1 Å². The first-order chi connectivity index (χ1) is 11.0. The largest absolute Gasteiger partial charge is 0.476 e. The van der Waals surface area contributed by atoms with E-state index in [1.807, 2.05) is 0 Å². The minimum Gasteiger partial charge on any atom is -0.476 e. The number of nitrogens with zero attached hydrogens (tertiary/aromatic N) is 3. The lowest BCUT2D eigenvalue weighted by Gasteiger charge is -2.28. The summed E-state index contributed by atoms with van der Waals surface area (Å²) in [5.74, 6) is -0.841. The van der Waals surface area contributed by atoms with Crippen LogP contribution in [0.3, 0.4) is 0 Å². The first-order valence-electron chi connectivity index (χ1n) is 7.54. The van der Waals surface area contributed by atoms with Crippen LogP contribution in [0.25, 0.3) is 5.52 Å². The number of imidazole rings is 1. The molecule has 0 amide bonds. The maximum atomic E-state index is 12.1. The van der Waals surface area contributed by atoms with Crippen LogP contribution in [0, 0.1) is 0 Å². The van der Waals surface area contributed by atoms with Crippen LogP contribution in [0.5, 0.6) is 0 Å². The van der Waals surface area contributed by atoms with Crippen LogP contribution in [0.15, 0.2) is 18.2 Å². The summed E-state index contributed by atoms with van der Waals surface area (Å²) in [6, 6.07) is 4.94. The van der Waals surface area contributed by atoms with Gasteiger partial charge in [-0.1, -0.05) is 6.07 Å². The average molecular weight is 317 g/mol. The van der Waals surface area contributed by atoms with Crippen molar-refractivity contribution in [2.24, 2.45) is 0 Å². The molecule has 0 bridgehead atoms. The van der Waals surface area contributed by atoms with Crippen LogP contribution in [-0.4, -0.2) is 58.6 Å². The maximum absolute atomic E-state index is 12.1. The monoisotopic (exact) mass is 317 g/mol. The number of hydrogen-bond acceptors (Lipinski definition) is 5. The molecule has 0 spiro atoms. The smallest absolute Gasteiger partial charge is 0.356 e. The number of esters is 1. The second-order valence-corrected chi connectivity index (χ2v) is 5.82. The molecule has 2 aromatic rings. The molecule has 0 saturated carbocycles. The predicted octanol–water partition coefficient (Wildman–Crippen LogP) is 1.63. The average Bonchev–Trinajstić information content (AvgIpc) is 2.94. The summed E-state index contributed by atoms with van der Waals surface area (Å²) in [5, 5.41) is 9.42. The molecule has 3 heterocycles. The summed E-state index contributed by atoms with van der Waals surface area (Å²) in [5.41, 5.74) is 0.706. The van der Waals surface area contributed by atoms with E-state index in [1.54, 1.807) is 22.6 Å². The van der Waals surface area contributed by atoms with E-state index in [2.05, 4.69) is 16.9 Å². The van der Waals surface area contributed by atoms with Crippen LogP contribution < -0.4 is 0 Å². The number of ether oxygens (including phenoxy) is 1. The molecule has 7 heteroatoms. The molecule has 1 fully saturated rings. The van der Waals surface area contributed by atoms with Crippen molar-refractivity contribution >= 4 is 17.5 Å². The number of aromatic carboxylic acids is 1. The number of fused-ring (bicyclic) bond motifs is 1. The van der Waals surface area contributed by atoms with Crippen LogP contribution in [0.2, 0.25) is 0 Å². The highest BCUT2D eigenvalue weighted by Gasteiger charge is 2.28. The molecular weight excluding hydrogens is 298 g/mol. The molecule has 23 heavy (non-hydrogen) atoms. The summed E-state index contributed by atoms with van der Waals surface area (Å²) in [6.07, 6.45) is 1.76. The van der Waals surface area contributed by atoms with Gasteiger partial charge in [0.2, 0.25) is 0 Å². The van der Waals surface area contributed by atoms with Crippen molar-refractivity contribution in [1.82, 2.24) is 14.3 Å². The Hall–Kier alpha value is -2.41. The van der Waals surface area contributed by atoms with Crippen LogP contribution in [-0.2, 0) is 4.74 Å². The molecule has 3 rings (SSSR count). The Morgan fingerprint density at radius 3 is 2.61 bits per heavy atom. The lowest BCUT2D eigenvalue weighted by atomic mass is 9.96. The number of carbonyl (C=O) groups is 2. The van der Waals surface area contributed by atoms with E-state index in [1.165, 1.54) is 7.11 Å². The third-order valence-electron chi connectivity index (χ3n) is 4.37. The van der Waals surface area contributed by atoms with E-state index < -0.39 is 11.9 Å². The third-order valence-corrected chi connectivity index (χ3v) is 4.37. The molecule has 0 aliphatic carbocycles. The number of carboxylic acids is 1. The van der Waals surface area contributed by atoms with Gasteiger partial charge in [0.15, 0.2) is 5.69 Å². The molecule has 2 aromatic heterocycles. The van der Waals surface area contributed by atoms with Gasteiger partial charge >= 0.3 is 11.9 Å². The van der Waals surface area contributed by atoms with E-state index >= 15 is 0 Å². The van der Waals surface area contributed by atoms with E-state index in [9.17, 15) is 14.7 Å². The van der Waals surface area contributed by atoms with Crippen molar-refractivity contribution in [2.45, 2.75) is 18.8 Å². The number of pyridine rings is 1. The van der Waals surface area contributed by atoms with Crippen molar-refractivity contribution < 1.29 is 19.4 Å². The molecule has 1 saturated heterocycles. The molecule has 1 aliphatic heterocycles. The second kappa shape index (κ2) is 6.00. The van der Waals surface area contributed by atoms with Crippen molar-refractivity contribution in [3.63, 3.8) is 0 Å². The molecular formula is C16H19N3O4. The fourth-order valence-corrected chi connectivity index (χ4v) is 3.12. The van der Waals surface area contributed by atoms with Crippen molar-refractivity contribution in [3.05, 3.63) is 35.4 Å². The van der Waals surface area contributed by atoms with Gasteiger partial charge in [0, 0.05) is 5.92 Å². The van der Waals surface area contributed by atoms with Gasteiger partial charge in [-0.15, -0.1) is 0 Å². The van der Waals surface area contributed by atoms with Gasteiger partial charge < -0.3 is 14.7 Å². The third kappa shape index (κ3) is 2.68. The highest BCUT2D eigenvalue weighted by molar-refractivity contribution is 5.96. The fraction of sp³-hybridized carbons (Fsp3) is 0.438. The topological polar surface area (TPSA) is 84.1 Å². The zero-order valence-corrected chi connectivity index (χ0v) is 13.2. The molecule has 0 atom stereocenters. The van der Waals surface area contributed by atoms with E-state index in [-0.39, 0.29) is 11.6 Å². The summed E-state index contributed by atoms with van der Waals surface area (Å²) in [4.78, 5) is 30.2. The molecule has 7 nitrogen and oxygen atoms in total. The van der Waals surface area contributed by atoms with Crippen molar-refractivity contribution in [1.29, 1.82) is 0 Å². The molecule has 1 aliphatic rings. The summed E-state index contributed by atoms with van der Waals surface area (Å²) in [7, 11) is 3.37. The highest BCUT2D eigenvalue weighted by Crippen LogP contribution is 2.30. The zero-order valence-electron chi connectivity index (χ0n) is 13.2. The second-order valence-electron chi connectivity index (χ2n) is 5.82. The van der Waals surface area contributed by atoms with Crippen molar-refractivity contribution in [2.75, 3.05) is 27.2 Å². The first-order valence-corrected chi connectivity index (χ1v) is 7.54. The van der Waals surface area contributed by atoms with Gasteiger partial charge in [0.1, 0.15) is 11.5 Å². The molecule has 122 valence electrons. The van der Waals surface area contributed by atoms with Crippen LogP contribution in [0.4, 0.5) is 0 Å². The lowest BCUT2D eigenvalue weighted by molar-refractivity contribution is 0.0590. The number of likely N-dealkylation sites (tertiary alicyclic amines) is 1. The van der Waals surface area contributed by atoms with Gasteiger partial charge in [0.25, 0.3) is 0 Å². The standard InChI is InChI=1S/C16H19N3O4/c1-18-8-6-10(7-9-18)14-17-13(15(20)21)11-4-3-5-12(19(11)14)16(22)23-2/h3-5,10H,6-9H2,1-2H3,(H,20,21). The number of aromatic nitrogens is 2. The zero-order chi connectivity index (χ0) is 16.6. The highest BCUT2D eigenvalue weighted by atomic mass is 16.5. The number of carbonyl (C=O) groups excluding carboxylic acids is 1. The fourth-order valence-electron chi connectivity index (χ4n) is 3.12. The van der Waals surface area contributed by atoms with Gasteiger partial charge in [-0.25, -0.2) is 14.6 Å². The van der Waals surface area contributed by atoms with Crippen molar-refractivity contribution in [3.8, 4) is 0 Å².